The molecule has 0 radical (unpaired) electrons. The second kappa shape index (κ2) is 4.96. The first kappa shape index (κ1) is 12.5. The van der Waals surface area contributed by atoms with Gasteiger partial charge in [0.15, 0.2) is 5.78 Å². The van der Waals surface area contributed by atoms with Crippen molar-refractivity contribution < 1.29 is 4.79 Å². The maximum absolute atomic E-state index is 11.6. The van der Waals surface area contributed by atoms with Crippen LogP contribution >= 0.6 is 0 Å². The molecule has 15 heavy (non-hydrogen) atoms. The minimum absolute atomic E-state index is 0.188. The van der Waals surface area contributed by atoms with Gasteiger partial charge >= 0.3 is 0 Å². The highest BCUT2D eigenvalue weighted by atomic mass is 16.1. The molecule has 0 saturated carbocycles. The molecule has 1 heteroatoms. The molecule has 1 nitrogen and oxygen atoms in total. The number of allylic oxidation sites excluding steroid dienone is 2. The third-order valence-corrected chi connectivity index (χ3v) is 3.43. The Kier molecular flexibility index (Phi) is 4.12. The van der Waals surface area contributed by atoms with E-state index in [1.54, 1.807) is 0 Å². The summed E-state index contributed by atoms with van der Waals surface area (Å²) < 4.78 is 0. The third-order valence-electron chi connectivity index (χ3n) is 3.43. The largest absolute Gasteiger partial charge is 0.295 e. The summed E-state index contributed by atoms with van der Waals surface area (Å²) >= 11 is 0. The van der Waals surface area contributed by atoms with Gasteiger partial charge in [0, 0.05) is 6.42 Å². The van der Waals surface area contributed by atoms with E-state index in [4.69, 9.17) is 0 Å². The quantitative estimate of drug-likeness (QED) is 0.679. The van der Waals surface area contributed by atoms with Crippen molar-refractivity contribution in [2.75, 3.05) is 0 Å². The normalized spacial score (nSPS) is 20.6. The Bertz CT molecular complexity index is 257. The van der Waals surface area contributed by atoms with Gasteiger partial charge in [-0.2, -0.15) is 0 Å². The molecule has 0 atom stereocenters. The summed E-state index contributed by atoms with van der Waals surface area (Å²) in [6.45, 7) is 8.88. The topological polar surface area (TPSA) is 17.1 Å². The number of hydrogen-bond acceptors (Lipinski definition) is 1. The van der Waals surface area contributed by atoms with Crippen molar-refractivity contribution in [3.8, 4) is 0 Å². The first-order valence-electron chi connectivity index (χ1n) is 6.19. The van der Waals surface area contributed by atoms with E-state index in [9.17, 15) is 4.79 Å². The summed E-state index contributed by atoms with van der Waals surface area (Å²) in [5.41, 5.74) is 1.57. The second-order valence-corrected chi connectivity index (χ2v) is 5.67. The molecular formula is C14H24O. The fraction of sp³-hybridized carbons (Fsp3) is 0.786. The van der Waals surface area contributed by atoms with Crippen molar-refractivity contribution in [2.45, 2.75) is 59.8 Å². The number of hydrogen-bond donors (Lipinski definition) is 0. The van der Waals surface area contributed by atoms with E-state index in [0.717, 1.165) is 25.2 Å². The van der Waals surface area contributed by atoms with E-state index in [0.29, 0.717) is 5.78 Å². The van der Waals surface area contributed by atoms with Crippen LogP contribution in [0.5, 0.6) is 0 Å². The predicted octanol–water partition coefficient (Wildman–Crippen LogP) is 4.13. The van der Waals surface area contributed by atoms with E-state index >= 15 is 0 Å². The van der Waals surface area contributed by atoms with Crippen LogP contribution in [0.4, 0.5) is 0 Å². The van der Waals surface area contributed by atoms with Crippen LogP contribution in [0.15, 0.2) is 11.6 Å². The highest BCUT2D eigenvalue weighted by Crippen LogP contribution is 2.36. The van der Waals surface area contributed by atoms with Crippen molar-refractivity contribution in [3.05, 3.63) is 11.6 Å². The lowest BCUT2D eigenvalue weighted by molar-refractivity contribution is -0.117. The van der Waals surface area contributed by atoms with Gasteiger partial charge in [0.2, 0.25) is 0 Å². The molecule has 0 fully saturated rings. The monoisotopic (exact) mass is 208 g/mol. The summed E-state index contributed by atoms with van der Waals surface area (Å²) in [6, 6.07) is 0. The lowest BCUT2D eigenvalue weighted by atomic mass is 9.74. The van der Waals surface area contributed by atoms with Gasteiger partial charge in [-0.1, -0.05) is 46.1 Å². The zero-order valence-corrected chi connectivity index (χ0v) is 10.6. The van der Waals surface area contributed by atoms with Gasteiger partial charge in [-0.3, -0.25) is 4.79 Å². The fourth-order valence-corrected chi connectivity index (χ4v) is 2.56. The number of rotatable bonds is 4. The van der Waals surface area contributed by atoms with Crippen LogP contribution < -0.4 is 0 Å². The molecule has 1 aliphatic rings. The molecule has 86 valence electrons. The maximum atomic E-state index is 11.6. The van der Waals surface area contributed by atoms with Crippen LogP contribution in [0.25, 0.3) is 0 Å². The number of ketones is 1. The Morgan fingerprint density at radius 1 is 1.27 bits per heavy atom. The van der Waals surface area contributed by atoms with Crippen LogP contribution in [0, 0.1) is 11.3 Å². The van der Waals surface area contributed by atoms with E-state index in [1.807, 2.05) is 6.08 Å². The van der Waals surface area contributed by atoms with Gasteiger partial charge in [0.1, 0.15) is 0 Å². The SMILES string of the molecule is CCC(CC)CC1=CC(=O)CC(C)(C)C1. The fourth-order valence-electron chi connectivity index (χ4n) is 2.56. The van der Waals surface area contributed by atoms with E-state index in [-0.39, 0.29) is 5.41 Å². The average molecular weight is 208 g/mol. The van der Waals surface area contributed by atoms with E-state index in [2.05, 4.69) is 27.7 Å². The van der Waals surface area contributed by atoms with Crippen LogP contribution in [-0.2, 0) is 4.79 Å². The minimum atomic E-state index is 0.188. The minimum Gasteiger partial charge on any atom is -0.295 e. The first-order chi connectivity index (χ1) is 6.96. The van der Waals surface area contributed by atoms with Gasteiger partial charge in [-0.25, -0.2) is 0 Å². The number of carbonyl (C=O) groups excluding carboxylic acids is 1. The van der Waals surface area contributed by atoms with Crippen molar-refractivity contribution in [1.29, 1.82) is 0 Å². The molecule has 1 rings (SSSR count). The Hall–Kier alpha value is -0.590. The maximum Gasteiger partial charge on any atom is 0.156 e. The molecule has 0 aromatic rings. The van der Waals surface area contributed by atoms with Crippen LogP contribution in [0.2, 0.25) is 0 Å². The Morgan fingerprint density at radius 2 is 1.87 bits per heavy atom. The number of carbonyl (C=O) groups is 1. The van der Waals surface area contributed by atoms with Gasteiger partial charge in [0.25, 0.3) is 0 Å². The second-order valence-electron chi connectivity index (χ2n) is 5.67. The molecule has 1 aliphatic carbocycles. The summed E-state index contributed by atoms with van der Waals surface area (Å²) in [6.07, 6.45) is 7.31. The molecule has 0 unspecified atom stereocenters. The van der Waals surface area contributed by atoms with Gasteiger partial charge in [-0.15, -0.1) is 0 Å². The van der Waals surface area contributed by atoms with Crippen LogP contribution in [0.3, 0.4) is 0 Å². The summed E-state index contributed by atoms with van der Waals surface area (Å²) in [5.74, 6) is 1.09. The summed E-state index contributed by atoms with van der Waals surface area (Å²) in [4.78, 5) is 11.6. The molecule has 0 spiro atoms. The van der Waals surface area contributed by atoms with Crippen molar-refractivity contribution in [2.24, 2.45) is 11.3 Å². The van der Waals surface area contributed by atoms with Gasteiger partial charge in [-0.05, 0) is 30.3 Å². The highest BCUT2D eigenvalue weighted by molar-refractivity contribution is 5.91. The van der Waals surface area contributed by atoms with Crippen molar-refractivity contribution in [3.63, 3.8) is 0 Å². The smallest absolute Gasteiger partial charge is 0.156 e. The first-order valence-corrected chi connectivity index (χ1v) is 6.19. The molecule has 0 N–H and O–H groups in total. The average Bonchev–Trinajstić information content (AvgIpc) is 2.10. The Balaban J connectivity index is 2.65. The Morgan fingerprint density at radius 3 is 2.33 bits per heavy atom. The van der Waals surface area contributed by atoms with Crippen molar-refractivity contribution in [1.82, 2.24) is 0 Å². The molecule has 0 aliphatic heterocycles. The zero-order valence-electron chi connectivity index (χ0n) is 10.6. The van der Waals surface area contributed by atoms with E-state index in [1.165, 1.54) is 18.4 Å². The van der Waals surface area contributed by atoms with Crippen molar-refractivity contribution >= 4 is 5.78 Å². The van der Waals surface area contributed by atoms with E-state index < -0.39 is 0 Å². The zero-order chi connectivity index (χ0) is 11.5. The Labute approximate surface area is 93.9 Å². The lowest BCUT2D eigenvalue weighted by Gasteiger charge is -2.30. The third kappa shape index (κ3) is 3.81. The summed E-state index contributed by atoms with van der Waals surface area (Å²) in [5, 5.41) is 0. The van der Waals surface area contributed by atoms with Crippen LogP contribution in [-0.4, -0.2) is 5.78 Å². The van der Waals surface area contributed by atoms with Gasteiger partial charge < -0.3 is 0 Å². The molecular weight excluding hydrogens is 184 g/mol. The molecule has 0 amide bonds. The standard InChI is InChI=1S/C14H24O/c1-5-11(6-2)7-12-8-13(15)10-14(3,4)9-12/h8,11H,5-7,9-10H2,1-4H3. The van der Waals surface area contributed by atoms with Crippen LogP contribution in [0.1, 0.15) is 59.8 Å². The molecule has 0 heterocycles. The molecule has 0 bridgehead atoms. The summed E-state index contributed by atoms with van der Waals surface area (Å²) in [7, 11) is 0. The highest BCUT2D eigenvalue weighted by Gasteiger charge is 2.27. The molecule has 0 saturated heterocycles. The molecule has 0 aromatic carbocycles. The predicted molar refractivity (Wildman–Crippen MR) is 64.8 cm³/mol. The van der Waals surface area contributed by atoms with Gasteiger partial charge in [0.05, 0.1) is 0 Å². The molecule has 0 aromatic heterocycles. The lowest BCUT2D eigenvalue weighted by Crippen LogP contribution is -2.22.